The molecule has 0 bridgehead atoms. The summed E-state index contributed by atoms with van der Waals surface area (Å²) in [4.78, 5) is 35.7. The fourth-order valence-corrected chi connectivity index (χ4v) is 5.87. The number of carbonyl (C=O) groups is 2. The number of thioether (sulfide) groups is 2. The molecule has 0 aromatic heterocycles. The molecule has 6 nitrogen and oxygen atoms in total. The van der Waals surface area contributed by atoms with E-state index in [9.17, 15) is 19.7 Å². The van der Waals surface area contributed by atoms with E-state index in [-0.39, 0.29) is 22.8 Å². The maximum absolute atomic E-state index is 12.5. The van der Waals surface area contributed by atoms with Crippen molar-refractivity contribution in [2.24, 2.45) is 0 Å². The van der Waals surface area contributed by atoms with Gasteiger partial charge >= 0.3 is 0 Å². The molecule has 0 saturated carbocycles. The molecule has 1 spiro atoms. The number of nitro groups is 1. The molecule has 0 aliphatic carbocycles. The molecule has 0 N–H and O–H groups in total. The Labute approximate surface area is 129 Å². The number of benzene rings is 1. The summed E-state index contributed by atoms with van der Waals surface area (Å²) in [6, 6.07) is 6.27. The average Bonchev–Trinajstić information content (AvgIpc) is 2.98. The summed E-state index contributed by atoms with van der Waals surface area (Å²) in [5.41, 5.74) is 0.895. The maximum atomic E-state index is 12.5. The standard InChI is InChI=1S/C13H12N2O4S2/c1-14-11(16)13(21-12(14)17)7-20-6-10(13)8-2-4-9(5-3-8)15(18)19/h2-5,10H,6-7H2,1H3/t10-,13-/m1/s1. The van der Waals surface area contributed by atoms with Crippen LogP contribution in [-0.4, -0.2) is 44.3 Å². The van der Waals surface area contributed by atoms with Crippen molar-refractivity contribution < 1.29 is 14.5 Å². The smallest absolute Gasteiger partial charge is 0.275 e. The highest BCUT2D eigenvalue weighted by Crippen LogP contribution is 2.54. The molecule has 3 rings (SSSR count). The van der Waals surface area contributed by atoms with Crippen LogP contribution in [-0.2, 0) is 4.79 Å². The van der Waals surface area contributed by atoms with E-state index in [1.807, 2.05) is 0 Å². The van der Waals surface area contributed by atoms with Crippen LogP contribution < -0.4 is 0 Å². The number of carbonyl (C=O) groups excluding carboxylic acids is 2. The van der Waals surface area contributed by atoms with Gasteiger partial charge in [0.2, 0.25) is 5.91 Å². The quantitative estimate of drug-likeness (QED) is 0.614. The third-order valence-corrected chi connectivity index (χ3v) is 6.71. The summed E-state index contributed by atoms with van der Waals surface area (Å²) in [5.74, 6) is 1.06. The van der Waals surface area contributed by atoms with Crippen LogP contribution >= 0.6 is 23.5 Å². The van der Waals surface area contributed by atoms with Crippen LogP contribution in [0.2, 0.25) is 0 Å². The maximum Gasteiger partial charge on any atom is 0.289 e. The first-order chi connectivity index (χ1) is 9.95. The molecular formula is C13H12N2O4S2. The van der Waals surface area contributed by atoms with Crippen molar-refractivity contribution in [3.63, 3.8) is 0 Å². The van der Waals surface area contributed by atoms with Crippen LogP contribution in [0.15, 0.2) is 24.3 Å². The van der Waals surface area contributed by atoms with Gasteiger partial charge in [0.1, 0.15) is 4.75 Å². The molecule has 1 aromatic carbocycles. The Balaban J connectivity index is 1.96. The largest absolute Gasteiger partial charge is 0.289 e. The topological polar surface area (TPSA) is 80.5 Å². The Kier molecular flexibility index (Phi) is 3.45. The number of hydrogen-bond donors (Lipinski definition) is 0. The third kappa shape index (κ3) is 2.13. The number of hydrogen-bond acceptors (Lipinski definition) is 6. The molecule has 0 unspecified atom stereocenters. The van der Waals surface area contributed by atoms with E-state index < -0.39 is 9.67 Å². The predicted octanol–water partition coefficient (Wildman–Crippen LogP) is 2.49. The van der Waals surface area contributed by atoms with Gasteiger partial charge in [-0.1, -0.05) is 12.1 Å². The van der Waals surface area contributed by atoms with Gasteiger partial charge in [-0.05, 0) is 17.3 Å². The normalized spacial score (nSPS) is 28.6. The van der Waals surface area contributed by atoms with Gasteiger partial charge in [0.25, 0.3) is 10.9 Å². The highest BCUT2D eigenvalue weighted by atomic mass is 32.2. The lowest BCUT2D eigenvalue weighted by Crippen LogP contribution is -2.42. The molecule has 1 aromatic rings. The van der Waals surface area contributed by atoms with Crippen LogP contribution in [0.4, 0.5) is 10.5 Å². The Hall–Kier alpha value is -1.54. The minimum absolute atomic E-state index is 0.0250. The second-order valence-electron chi connectivity index (χ2n) is 5.04. The van der Waals surface area contributed by atoms with E-state index in [0.29, 0.717) is 5.75 Å². The molecule has 2 amide bonds. The van der Waals surface area contributed by atoms with Crippen LogP contribution in [0.5, 0.6) is 0 Å². The Bertz CT molecular complexity index is 634. The van der Waals surface area contributed by atoms with Crippen molar-refractivity contribution in [2.45, 2.75) is 10.7 Å². The highest BCUT2D eigenvalue weighted by Gasteiger charge is 2.58. The van der Waals surface area contributed by atoms with E-state index in [4.69, 9.17) is 0 Å². The average molecular weight is 324 g/mol. The van der Waals surface area contributed by atoms with Gasteiger partial charge in [0.05, 0.1) is 4.92 Å². The summed E-state index contributed by atoms with van der Waals surface area (Å²) in [6.07, 6.45) is 0. The van der Waals surface area contributed by atoms with Crippen molar-refractivity contribution in [2.75, 3.05) is 18.6 Å². The molecule has 0 radical (unpaired) electrons. The highest BCUT2D eigenvalue weighted by molar-refractivity contribution is 8.17. The van der Waals surface area contributed by atoms with Gasteiger partial charge in [0.15, 0.2) is 0 Å². The van der Waals surface area contributed by atoms with Crippen LogP contribution in [0, 0.1) is 10.1 Å². The number of non-ortho nitro benzene ring substituents is 1. The summed E-state index contributed by atoms with van der Waals surface area (Å²) in [5, 5.41) is 10.5. The molecule has 2 aliphatic heterocycles. The van der Waals surface area contributed by atoms with Crippen LogP contribution in [0.1, 0.15) is 11.5 Å². The Morgan fingerprint density at radius 1 is 1.33 bits per heavy atom. The van der Waals surface area contributed by atoms with E-state index in [2.05, 4.69) is 0 Å². The van der Waals surface area contributed by atoms with E-state index >= 15 is 0 Å². The van der Waals surface area contributed by atoms with Gasteiger partial charge in [-0.15, -0.1) is 0 Å². The first-order valence-corrected chi connectivity index (χ1v) is 8.26. The third-order valence-electron chi connectivity index (χ3n) is 3.88. The van der Waals surface area contributed by atoms with E-state index in [1.54, 1.807) is 23.9 Å². The SMILES string of the molecule is CN1C(=O)S[C@@]2(CSC[C@@H]2c2ccc([N+](=O)[O-])cc2)C1=O. The van der Waals surface area contributed by atoms with Crippen molar-refractivity contribution in [1.82, 2.24) is 4.90 Å². The number of imide groups is 1. The van der Waals surface area contributed by atoms with Gasteiger partial charge in [-0.3, -0.25) is 24.6 Å². The Morgan fingerprint density at radius 3 is 2.52 bits per heavy atom. The van der Waals surface area contributed by atoms with E-state index in [1.165, 1.54) is 24.1 Å². The lowest BCUT2D eigenvalue weighted by Gasteiger charge is -2.26. The van der Waals surface area contributed by atoms with Gasteiger partial charge < -0.3 is 0 Å². The number of nitro benzene ring substituents is 1. The molecule has 2 atom stereocenters. The number of nitrogens with zero attached hydrogens (tertiary/aromatic N) is 2. The summed E-state index contributed by atoms with van der Waals surface area (Å²) >= 11 is 2.72. The minimum Gasteiger partial charge on any atom is -0.275 e. The number of amides is 2. The lowest BCUT2D eigenvalue weighted by atomic mass is 9.87. The fraction of sp³-hybridized carbons (Fsp3) is 0.385. The molecule has 2 heterocycles. The molecule has 8 heteroatoms. The van der Waals surface area contributed by atoms with Crippen molar-refractivity contribution in [1.29, 1.82) is 0 Å². The number of rotatable bonds is 2. The molecule has 21 heavy (non-hydrogen) atoms. The first-order valence-electron chi connectivity index (χ1n) is 6.29. The second-order valence-corrected chi connectivity index (χ2v) is 7.35. The van der Waals surface area contributed by atoms with Gasteiger partial charge in [-0.25, -0.2) is 0 Å². The second kappa shape index (κ2) is 5.03. The summed E-state index contributed by atoms with van der Waals surface area (Å²) in [7, 11) is 1.50. The minimum atomic E-state index is -0.757. The fourth-order valence-electron chi connectivity index (χ4n) is 2.70. The molecule has 2 fully saturated rings. The predicted molar refractivity (Wildman–Crippen MR) is 81.7 cm³/mol. The lowest BCUT2D eigenvalue weighted by molar-refractivity contribution is -0.384. The molecule has 2 saturated heterocycles. The molecule has 110 valence electrons. The van der Waals surface area contributed by atoms with E-state index in [0.717, 1.165) is 23.1 Å². The monoisotopic (exact) mass is 324 g/mol. The van der Waals surface area contributed by atoms with Crippen molar-refractivity contribution >= 4 is 40.4 Å². The summed E-state index contributed by atoms with van der Waals surface area (Å²) in [6.45, 7) is 0. The first kappa shape index (κ1) is 14.4. The van der Waals surface area contributed by atoms with Crippen LogP contribution in [0.25, 0.3) is 0 Å². The molecule has 2 aliphatic rings. The zero-order valence-corrected chi connectivity index (χ0v) is 12.8. The van der Waals surface area contributed by atoms with Crippen LogP contribution in [0.3, 0.4) is 0 Å². The summed E-state index contributed by atoms with van der Waals surface area (Å²) < 4.78 is -0.757. The van der Waals surface area contributed by atoms with Gasteiger partial charge in [-0.2, -0.15) is 11.8 Å². The van der Waals surface area contributed by atoms with Crippen molar-refractivity contribution in [3.05, 3.63) is 39.9 Å². The zero-order valence-electron chi connectivity index (χ0n) is 11.1. The Morgan fingerprint density at radius 2 is 2.00 bits per heavy atom. The zero-order chi connectivity index (χ0) is 15.2. The van der Waals surface area contributed by atoms with Gasteiger partial charge in [0, 0.05) is 36.6 Å². The van der Waals surface area contributed by atoms with Crippen molar-refractivity contribution in [3.8, 4) is 0 Å². The molecular weight excluding hydrogens is 312 g/mol.